The summed E-state index contributed by atoms with van der Waals surface area (Å²) >= 11 is 1.70. The number of rotatable bonds is 3. The number of aromatic nitrogens is 2. The van der Waals surface area contributed by atoms with Gasteiger partial charge in [-0.05, 0) is 35.7 Å². The quantitative estimate of drug-likeness (QED) is 0.710. The molecule has 0 radical (unpaired) electrons. The number of fused-ring (bicyclic) bond motifs is 1. The molecular formula is C17H19N3S. The third-order valence-corrected chi connectivity index (χ3v) is 4.60. The molecule has 0 N–H and O–H groups in total. The summed E-state index contributed by atoms with van der Waals surface area (Å²) < 4.78 is 1.20. The van der Waals surface area contributed by atoms with E-state index in [9.17, 15) is 0 Å². The van der Waals surface area contributed by atoms with Crippen molar-refractivity contribution in [2.75, 3.05) is 19.0 Å². The standard InChI is InChI=1S/C17H19N3S/c1-11(2)12-5-7-15(18-10-12)17-19-14-8-6-13(20(3)4)9-16(14)21-17/h5-11H,1-4H3. The molecule has 4 heteroatoms. The lowest BCUT2D eigenvalue weighted by atomic mass is 10.1. The van der Waals surface area contributed by atoms with Crippen LogP contribution >= 0.6 is 11.3 Å². The molecule has 0 aliphatic rings. The molecule has 3 nitrogen and oxygen atoms in total. The maximum Gasteiger partial charge on any atom is 0.143 e. The van der Waals surface area contributed by atoms with Crippen LogP contribution < -0.4 is 4.90 Å². The minimum Gasteiger partial charge on any atom is -0.378 e. The summed E-state index contributed by atoms with van der Waals surface area (Å²) in [4.78, 5) is 11.4. The van der Waals surface area contributed by atoms with Gasteiger partial charge in [0, 0.05) is 26.0 Å². The predicted octanol–water partition coefficient (Wildman–Crippen LogP) is 4.55. The summed E-state index contributed by atoms with van der Waals surface area (Å²) in [6.07, 6.45) is 1.96. The number of hydrogen-bond donors (Lipinski definition) is 0. The SMILES string of the molecule is CC(C)c1ccc(-c2nc3ccc(N(C)C)cc3s2)nc1. The molecule has 0 saturated carbocycles. The predicted molar refractivity (Wildman–Crippen MR) is 91.3 cm³/mol. The molecular weight excluding hydrogens is 278 g/mol. The van der Waals surface area contributed by atoms with Crippen molar-refractivity contribution in [1.82, 2.24) is 9.97 Å². The van der Waals surface area contributed by atoms with Gasteiger partial charge in [0.1, 0.15) is 5.01 Å². The molecule has 0 aliphatic carbocycles. The Balaban J connectivity index is 2.00. The number of hydrogen-bond acceptors (Lipinski definition) is 4. The highest BCUT2D eigenvalue weighted by Crippen LogP contribution is 2.31. The summed E-state index contributed by atoms with van der Waals surface area (Å²) in [6, 6.07) is 10.6. The molecule has 0 atom stereocenters. The lowest BCUT2D eigenvalue weighted by Crippen LogP contribution is -2.07. The lowest BCUT2D eigenvalue weighted by Gasteiger charge is -2.11. The highest BCUT2D eigenvalue weighted by molar-refractivity contribution is 7.21. The van der Waals surface area contributed by atoms with Crippen molar-refractivity contribution in [2.24, 2.45) is 0 Å². The summed E-state index contributed by atoms with van der Waals surface area (Å²) in [6.45, 7) is 4.36. The average Bonchev–Trinajstić information content (AvgIpc) is 2.90. The van der Waals surface area contributed by atoms with Crippen LogP contribution in [0.25, 0.3) is 20.9 Å². The van der Waals surface area contributed by atoms with Gasteiger partial charge in [0.25, 0.3) is 0 Å². The van der Waals surface area contributed by atoms with Gasteiger partial charge in [-0.1, -0.05) is 19.9 Å². The van der Waals surface area contributed by atoms with E-state index >= 15 is 0 Å². The summed E-state index contributed by atoms with van der Waals surface area (Å²) in [5.41, 5.74) is 4.44. The fraction of sp³-hybridized carbons (Fsp3) is 0.294. The van der Waals surface area contributed by atoms with Gasteiger partial charge in [-0.25, -0.2) is 4.98 Å². The second-order valence-electron chi connectivity index (χ2n) is 5.70. The molecule has 0 bridgehead atoms. The van der Waals surface area contributed by atoms with Crippen molar-refractivity contribution in [2.45, 2.75) is 19.8 Å². The van der Waals surface area contributed by atoms with E-state index in [1.54, 1.807) is 11.3 Å². The fourth-order valence-electron chi connectivity index (χ4n) is 2.17. The molecule has 21 heavy (non-hydrogen) atoms. The Bertz CT molecular complexity index is 757. The van der Waals surface area contributed by atoms with Gasteiger partial charge >= 0.3 is 0 Å². The summed E-state index contributed by atoms with van der Waals surface area (Å²) in [5.74, 6) is 0.504. The largest absolute Gasteiger partial charge is 0.378 e. The van der Waals surface area contributed by atoms with Crippen LogP contribution in [-0.2, 0) is 0 Å². The maximum absolute atomic E-state index is 4.70. The molecule has 0 aliphatic heterocycles. The number of pyridine rings is 1. The minimum atomic E-state index is 0.504. The molecule has 0 saturated heterocycles. The van der Waals surface area contributed by atoms with E-state index in [2.05, 4.69) is 68.2 Å². The van der Waals surface area contributed by atoms with Crippen LogP contribution in [0.5, 0.6) is 0 Å². The van der Waals surface area contributed by atoms with E-state index in [1.807, 2.05) is 6.20 Å². The molecule has 0 spiro atoms. The Hall–Kier alpha value is -1.94. The van der Waals surface area contributed by atoms with Crippen LogP contribution in [0.4, 0.5) is 5.69 Å². The Labute approximate surface area is 129 Å². The van der Waals surface area contributed by atoms with Crippen molar-refractivity contribution in [3.05, 3.63) is 42.1 Å². The smallest absolute Gasteiger partial charge is 0.143 e. The van der Waals surface area contributed by atoms with Crippen molar-refractivity contribution < 1.29 is 0 Å². The normalized spacial score (nSPS) is 11.3. The zero-order valence-electron chi connectivity index (χ0n) is 12.8. The van der Waals surface area contributed by atoms with Crippen LogP contribution in [-0.4, -0.2) is 24.1 Å². The zero-order chi connectivity index (χ0) is 15.0. The molecule has 1 aromatic carbocycles. The van der Waals surface area contributed by atoms with E-state index in [4.69, 9.17) is 4.98 Å². The molecule has 3 aromatic rings. The Morgan fingerprint density at radius 2 is 1.90 bits per heavy atom. The fourth-order valence-corrected chi connectivity index (χ4v) is 3.15. The molecule has 0 unspecified atom stereocenters. The average molecular weight is 297 g/mol. The van der Waals surface area contributed by atoms with Crippen molar-refractivity contribution in [3.63, 3.8) is 0 Å². The molecule has 0 fully saturated rings. The van der Waals surface area contributed by atoms with Crippen molar-refractivity contribution in [1.29, 1.82) is 0 Å². The van der Waals surface area contributed by atoms with E-state index < -0.39 is 0 Å². The van der Waals surface area contributed by atoms with Gasteiger partial charge in [-0.15, -0.1) is 11.3 Å². The van der Waals surface area contributed by atoms with Crippen LogP contribution in [0.1, 0.15) is 25.3 Å². The Morgan fingerprint density at radius 3 is 2.52 bits per heavy atom. The first-order valence-corrected chi connectivity index (χ1v) is 7.90. The Kier molecular flexibility index (Phi) is 3.64. The summed E-state index contributed by atoms with van der Waals surface area (Å²) in [5, 5.41) is 0.983. The van der Waals surface area contributed by atoms with Gasteiger partial charge in [0.15, 0.2) is 0 Å². The second-order valence-corrected chi connectivity index (χ2v) is 6.73. The molecule has 108 valence electrons. The summed E-state index contributed by atoms with van der Waals surface area (Å²) in [7, 11) is 4.10. The highest BCUT2D eigenvalue weighted by atomic mass is 32.1. The first-order chi connectivity index (χ1) is 10.0. The Morgan fingerprint density at radius 1 is 1.10 bits per heavy atom. The third-order valence-electron chi connectivity index (χ3n) is 3.56. The number of benzene rings is 1. The first-order valence-electron chi connectivity index (χ1n) is 7.09. The van der Waals surface area contributed by atoms with Gasteiger partial charge in [-0.3, -0.25) is 4.98 Å². The molecule has 3 rings (SSSR count). The highest BCUT2D eigenvalue weighted by Gasteiger charge is 2.09. The van der Waals surface area contributed by atoms with Gasteiger partial charge in [0.2, 0.25) is 0 Å². The van der Waals surface area contributed by atoms with Crippen molar-refractivity contribution >= 4 is 27.2 Å². The van der Waals surface area contributed by atoms with Crippen LogP contribution in [0, 0.1) is 0 Å². The van der Waals surface area contributed by atoms with Crippen molar-refractivity contribution in [3.8, 4) is 10.7 Å². The molecule has 0 amide bonds. The monoisotopic (exact) mass is 297 g/mol. The second kappa shape index (κ2) is 5.45. The molecule has 2 aromatic heterocycles. The van der Waals surface area contributed by atoms with Gasteiger partial charge in [-0.2, -0.15) is 0 Å². The maximum atomic E-state index is 4.70. The van der Waals surface area contributed by atoms with Crippen LogP contribution in [0.15, 0.2) is 36.5 Å². The van der Waals surface area contributed by atoms with Gasteiger partial charge in [0.05, 0.1) is 15.9 Å². The number of anilines is 1. The number of thiazole rings is 1. The van der Waals surface area contributed by atoms with E-state index in [0.717, 1.165) is 16.2 Å². The van der Waals surface area contributed by atoms with E-state index in [1.165, 1.54) is 16.0 Å². The molecule has 2 heterocycles. The van der Waals surface area contributed by atoms with Crippen LogP contribution in [0.3, 0.4) is 0 Å². The topological polar surface area (TPSA) is 29.0 Å². The van der Waals surface area contributed by atoms with Gasteiger partial charge < -0.3 is 4.90 Å². The first kappa shape index (κ1) is 14.0. The third kappa shape index (κ3) is 2.76. The van der Waals surface area contributed by atoms with Crippen LogP contribution in [0.2, 0.25) is 0 Å². The lowest BCUT2D eigenvalue weighted by molar-refractivity contribution is 0.859. The van der Waals surface area contributed by atoms with E-state index in [-0.39, 0.29) is 0 Å². The number of nitrogens with zero attached hydrogens (tertiary/aromatic N) is 3. The minimum absolute atomic E-state index is 0.504. The van der Waals surface area contributed by atoms with E-state index in [0.29, 0.717) is 5.92 Å². The zero-order valence-corrected chi connectivity index (χ0v) is 13.6.